The first kappa shape index (κ1) is 21.0. The van der Waals surface area contributed by atoms with Gasteiger partial charge in [0.15, 0.2) is 20.7 Å². The highest BCUT2D eigenvalue weighted by Gasteiger charge is 2.36. The molecule has 2 fully saturated rings. The number of nitrogens with one attached hydrogen (secondary N) is 1. The maximum atomic E-state index is 12.8. The van der Waals surface area contributed by atoms with Crippen LogP contribution in [0.2, 0.25) is 0 Å². The number of hydrogen-bond donors (Lipinski definition) is 1. The number of ether oxygens (including phenoxy) is 1. The zero-order chi connectivity index (χ0) is 21.6. The van der Waals surface area contributed by atoms with Gasteiger partial charge < -0.3 is 4.74 Å². The molecule has 4 rings (SSSR count). The molecular formula is C19H24N4O5S2. The maximum absolute atomic E-state index is 12.8. The van der Waals surface area contributed by atoms with Crippen molar-refractivity contribution in [1.82, 2.24) is 14.8 Å². The Hall–Kier alpha value is -2.27. The van der Waals surface area contributed by atoms with E-state index >= 15 is 0 Å². The summed E-state index contributed by atoms with van der Waals surface area (Å²) in [7, 11) is -3.06. The van der Waals surface area contributed by atoms with E-state index in [-0.39, 0.29) is 29.3 Å². The van der Waals surface area contributed by atoms with Gasteiger partial charge in [0.2, 0.25) is 0 Å². The number of nitrogens with zero attached hydrogens (tertiary/aromatic N) is 3. The van der Waals surface area contributed by atoms with Crippen LogP contribution in [0.3, 0.4) is 0 Å². The van der Waals surface area contributed by atoms with Crippen LogP contribution in [0.5, 0.6) is 0 Å². The normalized spacial score (nSPS) is 20.5. The molecule has 1 atom stereocenters. The molecule has 30 heavy (non-hydrogen) atoms. The number of rotatable bonds is 6. The summed E-state index contributed by atoms with van der Waals surface area (Å²) in [4.78, 5) is 29.5. The number of carbonyl (C=O) groups is 2. The van der Waals surface area contributed by atoms with Gasteiger partial charge in [-0.2, -0.15) is 5.10 Å². The van der Waals surface area contributed by atoms with Gasteiger partial charge in [0.05, 0.1) is 29.3 Å². The van der Waals surface area contributed by atoms with Gasteiger partial charge in [0, 0.05) is 11.6 Å². The second-order valence-electron chi connectivity index (χ2n) is 8.07. The zero-order valence-corrected chi connectivity index (χ0v) is 18.7. The van der Waals surface area contributed by atoms with E-state index in [0.717, 1.165) is 29.9 Å². The molecule has 1 aliphatic carbocycles. The minimum atomic E-state index is -3.06. The van der Waals surface area contributed by atoms with Crippen LogP contribution in [-0.2, 0) is 14.6 Å². The molecule has 0 aromatic carbocycles. The number of hydrogen-bond acceptors (Lipinski definition) is 8. The molecule has 1 amide bonds. The lowest BCUT2D eigenvalue weighted by molar-refractivity contribution is 0.0382. The van der Waals surface area contributed by atoms with Crippen molar-refractivity contribution >= 4 is 38.2 Å². The van der Waals surface area contributed by atoms with Gasteiger partial charge in [0.1, 0.15) is 4.88 Å². The first-order valence-corrected chi connectivity index (χ1v) is 12.6. The van der Waals surface area contributed by atoms with E-state index in [9.17, 15) is 18.0 Å². The summed E-state index contributed by atoms with van der Waals surface area (Å²) < 4.78 is 30.7. The zero-order valence-electron chi connectivity index (χ0n) is 17.0. The highest BCUT2D eigenvalue weighted by Crippen LogP contribution is 2.42. The number of amides is 1. The van der Waals surface area contributed by atoms with Crippen LogP contribution < -0.4 is 5.32 Å². The molecule has 0 radical (unpaired) electrons. The Labute approximate surface area is 178 Å². The molecule has 1 aliphatic heterocycles. The minimum absolute atomic E-state index is 0.0580. The molecule has 11 heteroatoms. The lowest BCUT2D eigenvalue weighted by atomic mass is 10.2. The topological polar surface area (TPSA) is 120 Å². The molecule has 2 aromatic rings. The predicted molar refractivity (Wildman–Crippen MR) is 112 cm³/mol. The van der Waals surface area contributed by atoms with Crippen LogP contribution in [0.1, 0.15) is 76.6 Å². The third-order valence-corrected chi connectivity index (χ3v) is 7.90. The molecule has 0 spiro atoms. The molecule has 1 saturated carbocycles. The maximum Gasteiger partial charge on any atom is 0.350 e. The number of aryl methyl sites for hydroxylation is 1. The summed E-state index contributed by atoms with van der Waals surface area (Å²) >= 11 is 1.06. The third kappa shape index (κ3) is 4.41. The van der Waals surface area contributed by atoms with E-state index in [0.29, 0.717) is 28.0 Å². The first-order valence-electron chi connectivity index (χ1n) is 9.92. The fourth-order valence-corrected chi connectivity index (χ4v) is 6.07. The van der Waals surface area contributed by atoms with Crippen molar-refractivity contribution in [3.8, 4) is 0 Å². The quantitative estimate of drug-likeness (QED) is 0.669. The molecule has 3 heterocycles. The van der Waals surface area contributed by atoms with Crippen LogP contribution >= 0.6 is 11.3 Å². The second-order valence-corrected chi connectivity index (χ2v) is 11.3. The van der Waals surface area contributed by atoms with Crippen molar-refractivity contribution < 1.29 is 22.7 Å². The van der Waals surface area contributed by atoms with Gasteiger partial charge in [-0.1, -0.05) is 11.3 Å². The van der Waals surface area contributed by atoms with Crippen LogP contribution in [0.4, 0.5) is 5.13 Å². The Bertz CT molecular complexity index is 1100. The fourth-order valence-electron chi connectivity index (χ4n) is 3.53. The van der Waals surface area contributed by atoms with Crippen LogP contribution in [0.25, 0.3) is 0 Å². The Morgan fingerprint density at radius 2 is 2.03 bits per heavy atom. The van der Waals surface area contributed by atoms with Crippen LogP contribution in [0, 0.1) is 6.92 Å². The van der Waals surface area contributed by atoms with Crippen molar-refractivity contribution in [3.05, 3.63) is 28.0 Å². The molecule has 2 aliphatic rings. The number of sulfone groups is 1. The predicted octanol–water partition coefficient (Wildman–Crippen LogP) is 2.70. The number of aromatic nitrogens is 3. The Kier molecular flexibility index (Phi) is 5.43. The lowest BCUT2D eigenvalue weighted by Gasteiger charge is -2.12. The number of carbonyl (C=O) groups excluding carboxylic acids is 2. The molecule has 162 valence electrons. The van der Waals surface area contributed by atoms with Crippen LogP contribution in [0.15, 0.2) is 6.07 Å². The summed E-state index contributed by atoms with van der Waals surface area (Å²) in [5.41, 5.74) is 1.63. The van der Waals surface area contributed by atoms with Crippen LogP contribution in [-0.4, -0.2) is 52.7 Å². The molecule has 0 bridgehead atoms. The van der Waals surface area contributed by atoms with Gasteiger partial charge in [-0.05, 0) is 46.1 Å². The van der Waals surface area contributed by atoms with Gasteiger partial charge >= 0.3 is 5.97 Å². The van der Waals surface area contributed by atoms with E-state index in [1.54, 1.807) is 31.5 Å². The second kappa shape index (κ2) is 7.77. The van der Waals surface area contributed by atoms with Crippen molar-refractivity contribution in [3.63, 3.8) is 0 Å². The smallest absolute Gasteiger partial charge is 0.350 e. The van der Waals surface area contributed by atoms with Crippen molar-refractivity contribution in [2.45, 2.75) is 58.1 Å². The summed E-state index contributed by atoms with van der Waals surface area (Å²) in [6, 6.07) is 1.51. The molecule has 1 saturated heterocycles. The Balaban J connectivity index is 1.53. The van der Waals surface area contributed by atoms with Gasteiger partial charge in [-0.25, -0.2) is 18.2 Å². The Morgan fingerprint density at radius 3 is 2.63 bits per heavy atom. The highest BCUT2D eigenvalue weighted by atomic mass is 32.2. The van der Waals surface area contributed by atoms with Crippen molar-refractivity contribution in [2.24, 2.45) is 0 Å². The monoisotopic (exact) mass is 452 g/mol. The molecule has 1 unspecified atom stereocenters. The standard InChI is InChI=1S/C19H24N4O5S2/c1-10(2)28-18(25)16-11(3)20-19(29-16)21-17(24)14-8-15(12-4-5-12)23(22-14)13-6-7-30(26,27)9-13/h8,10,12-13H,4-7,9H2,1-3H3,(H,20,21,24). The third-order valence-electron chi connectivity index (χ3n) is 5.09. The van der Waals surface area contributed by atoms with Gasteiger partial charge in [0.25, 0.3) is 5.91 Å². The van der Waals surface area contributed by atoms with E-state index in [1.807, 2.05) is 0 Å². The molecule has 1 N–H and O–H groups in total. The lowest BCUT2D eigenvalue weighted by Crippen LogP contribution is -2.17. The number of thiazole rings is 1. The minimum Gasteiger partial charge on any atom is -0.459 e. The van der Waals surface area contributed by atoms with E-state index in [2.05, 4.69) is 15.4 Å². The number of esters is 1. The largest absolute Gasteiger partial charge is 0.459 e. The summed E-state index contributed by atoms with van der Waals surface area (Å²) in [5.74, 6) is -0.377. The highest BCUT2D eigenvalue weighted by molar-refractivity contribution is 7.91. The first-order chi connectivity index (χ1) is 14.1. The molecule has 2 aromatic heterocycles. The van der Waals surface area contributed by atoms with E-state index < -0.39 is 21.7 Å². The Morgan fingerprint density at radius 1 is 1.30 bits per heavy atom. The SMILES string of the molecule is Cc1nc(NC(=O)c2cc(C3CC3)n(C3CCS(=O)(=O)C3)n2)sc1C(=O)OC(C)C. The van der Waals surface area contributed by atoms with Crippen molar-refractivity contribution in [1.29, 1.82) is 0 Å². The molecule has 9 nitrogen and oxygen atoms in total. The van der Waals surface area contributed by atoms with Crippen molar-refractivity contribution in [2.75, 3.05) is 16.8 Å². The molecular weight excluding hydrogens is 428 g/mol. The average Bonchev–Trinajstić information content (AvgIpc) is 3.12. The van der Waals surface area contributed by atoms with E-state index in [1.165, 1.54) is 0 Å². The summed E-state index contributed by atoms with van der Waals surface area (Å²) in [5, 5.41) is 7.44. The average molecular weight is 453 g/mol. The van der Waals surface area contributed by atoms with Gasteiger partial charge in [-0.15, -0.1) is 0 Å². The summed E-state index contributed by atoms with van der Waals surface area (Å²) in [6.07, 6.45) is 2.29. The fraction of sp³-hybridized carbons (Fsp3) is 0.579. The van der Waals surface area contributed by atoms with E-state index in [4.69, 9.17) is 4.74 Å². The van der Waals surface area contributed by atoms with Gasteiger partial charge in [-0.3, -0.25) is 14.8 Å². The summed E-state index contributed by atoms with van der Waals surface area (Å²) in [6.45, 7) is 5.21. The number of anilines is 1.